The van der Waals surface area contributed by atoms with Crippen LogP contribution in [-0.2, 0) is 19.2 Å². The Bertz CT molecular complexity index is 485. The van der Waals surface area contributed by atoms with E-state index in [0.717, 1.165) is 6.29 Å². The molecule has 154 valence electrons. The minimum atomic E-state index is -0.442. The maximum Gasteiger partial charge on any atom is 0.231 e. The van der Waals surface area contributed by atoms with Crippen molar-refractivity contribution in [2.45, 2.75) is 0 Å². The molecule has 0 aromatic heterocycles. The van der Waals surface area contributed by atoms with Gasteiger partial charge in [0.15, 0.2) is 0 Å². The second-order valence-electron chi connectivity index (χ2n) is 6.69. The van der Waals surface area contributed by atoms with Crippen molar-refractivity contribution in [3.8, 4) is 0 Å². The van der Waals surface area contributed by atoms with Gasteiger partial charge in [0.2, 0.25) is 17.7 Å². The number of aldehydes is 1. The molecule has 11 nitrogen and oxygen atoms in total. The smallest absolute Gasteiger partial charge is 0.231 e. The molecule has 6 N–H and O–H groups in total. The van der Waals surface area contributed by atoms with Crippen LogP contribution in [0.5, 0.6) is 0 Å². The van der Waals surface area contributed by atoms with Crippen LogP contribution in [0.4, 0.5) is 0 Å². The van der Waals surface area contributed by atoms with Gasteiger partial charge in [-0.2, -0.15) is 0 Å². The third-order valence-corrected chi connectivity index (χ3v) is 4.40. The first-order valence-electron chi connectivity index (χ1n) is 8.98. The van der Waals surface area contributed by atoms with Crippen molar-refractivity contribution in [3.05, 3.63) is 0 Å². The molecule has 1 aliphatic rings. The Morgan fingerprint density at radius 3 is 1.07 bits per heavy atom. The van der Waals surface area contributed by atoms with E-state index in [4.69, 9.17) is 17.2 Å². The number of amides is 3. The van der Waals surface area contributed by atoms with Gasteiger partial charge in [-0.05, 0) is 0 Å². The molecule has 0 atom stereocenters. The molecule has 0 spiro atoms. The zero-order valence-corrected chi connectivity index (χ0v) is 15.7. The number of carbonyl (C=O) groups is 4. The number of nitrogens with zero attached hydrogens (tertiary/aromatic N) is 4. The average molecular weight is 385 g/mol. The van der Waals surface area contributed by atoms with Crippen LogP contribution in [0.25, 0.3) is 0 Å². The fourth-order valence-electron chi connectivity index (χ4n) is 3.00. The second-order valence-corrected chi connectivity index (χ2v) is 6.69. The molecule has 0 unspecified atom stereocenters. The lowest BCUT2D eigenvalue weighted by Crippen LogP contribution is -2.49. The molecule has 27 heavy (non-hydrogen) atoms. The zero-order chi connectivity index (χ0) is 20.2. The van der Waals surface area contributed by atoms with Crippen molar-refractivity contribution in [3.63, 3.8) is 0 Å². The predicted octanol–water partition coefficient (Wildman–Crippen LogP) is -4.14. The molecule has 1 aliphatic heterocycles. The molecule has 0 radical (unpaired) electrons. The molecule has 0 aromatic carbocycles. The Labute approximate surface area is 159 Å². The Hall–Kier alpha value is -2.08. The Morgan fingerprint density at radius 2 is 0.852 bits per heavy atom. The van der Waals surface area contributed by atoms with Gasteiger partial charge in [-0.1, -0.05) is 0 Å². The molecule has 0 saturated carbocycles. The van der Waals surface area contributed by atoms with Crippen LogP contribution in [0.3, 0.4) is 0 Å². The first-order chi connectivity index (χ1) is 12.8. The summed E-state index contributed by atoms with van der Waals surface area (Å²) in [4.78, 5) is 52.6. The van der Waals surface area contributed by atoms with E-state index in [-0.39, 0.29) is 26.2 Å². The van der Waals surface area contributed by atoms with Gasteiger partial charge in [-0.3, -0.25) is 34.0 Å². The predicted molar refractivity (Wildman–Crippen MR) is 99.4 cm³/mol. The van der Waals surface area contributed by atoms with Crippen molar-refractivity contribution in [2.24, 2.45) is 17.2 Å². The lowest BCUT2D eigenvalue weighted by Gasteiger charge is -2.32. The molecule has 3 amide bonds. The summed E-state index contributed by atoms with van der Waals surface area (Å²) in [6.45, 7) is 4.92. The van der Waals surface area contributed by atoms with Crippen molar-refractivity contribution in [1.82, 2.24) is 19.6 Å². The summed E-state index contributed by atoms with van der Waals surface area (Å²) in [5.41, 5.74) is 16.0. The average Bonchev–Trinajstić information content (AvgIpc) is 2.56. The van der Waals surface area contributed by atoms with Gasteiger partial charge in [0, 0.05) is 52.4 Å². The van der Waals surface area contributed by atoms with Gasteiger partial charge in [-0.15, -0.1) is 0 Å². The molecular formula is C16H31N7O4. The molecule has 0 aromatic rings. The lowest BCUT2D eigenvalue weighted by atomic mass is 10.3. The summed E-state index contributed by atoms with van der Waals surface area (Å²) >= 11 is 0. The Morgan fingerprint density at radius 1 is 0.593 bits per heavy atom. The van der Waals surface area contributed by atoms with E-state index < -0.39 is 17.7 Å². The molecule has 1 saturated heterocycles. The molecule has 0 aliphatic carbocycles. The van der Waals surface area contributed by atoms with Crippen molar-refractivity contribution in [1.29, 1.82) is 0 Å². The molecule has 1 heterocycles. The van der Waals surface area contributed by atoms with E-state index in [9.17, 15) is 19.2 Å². The van der Waals surface area contributed by atoms with E-state index in [1.54, 1.807) is 0 Å². The van der Waals surface area contributed by atoms with Crippen LogP contribution < -0.4 is 17.2 Å². The highest BCUT2D eigenvalue weighted by Gasteiger charge is 2.18. The quantitative estimate of drug-likeness (QED) is 0.355. The molecular weight excluding hydrogens is 354 g/mol. The van der Waals surface area contributed by atoms with E-state index >= 15 is 0 Å². The van der Waals surface area contributed by atoms with E-state index in [1.807, 2.05) is 19.6 Å². The van der Waals surface area contributed by atoms with Crippen molar-refractivity contribution < 1.29 is 19.2 Å². The number of carbonyl (C=O) groups excluding carboxylic acids is 4. The standard InChI is InChI=1S/C16H31N7O4/c17-14(25)11-21-3-1-20(9-10-24)2-4-22(12-15(18)26)6-8-23(7-5-21)13-16(19)27/h10H,1-9,11-13H2,(H2,17,25)(H2,18,26)(H2,19,27). The largest absolute Gasteiger partial charge is 0.369 e. The van der Waals surface area contributed by atoms with Crippen LogP contribution in [-0.4, -0.2) is 122 Å². The molecule has 1 rings (SSSR count). The van der Waals surface area contributed by atoms with Crippen LogP contribution in [0.1, 0.15) is 0 Å². The van der Waals surface area contributed by atoms with Gasteiger partial charge in [0.1, 0.15) is 6.29 Å². The highest BCUT2D eigenvalue weighted by atomic mass is 16.2. The molecule has 0 bridgehead atoms. The third kappa shape index (κ3) is 10.6. The highest BCUT2D eigenvalue weighted by molar-refractivity contribution is 5.76. The van der Waals surface area contributed by atoms with Crippen molar-refractivity contribution in [2.75, 3.05) is 78.5 Å². The minimum Gasteiger partial charge on any atom is -0.369 e. The summed E-state index contributed by atoms with van der Waals surface area (Å²) < 4.78 is 0. The SMILES string of the molecule is NC(=O)CN1CCN(CC=O)CCN(CC(N)=O)CCN(CC(N)=O)CC1. The summed E-state index contributed by atoms with van der Waals surface area (Å²) in [6, 6.07) is 0. The van der Waals surface area contributed by atoms with Crippen LogP contribution in [0.15, 0.2) is 0 Å². The molecule has 1 fully saturated rings. The fourth-order valence-corrected chi connectivity index (χ4v) is 3.00. The van der Waals surface area contributed by atoms with E-state index in [2.05, 4.69) is 0 Å². The monoisotopic (exact) mass is 385 g/mol. The lowest BCUT2D eigenvalue weighted by molar-refractivity contribution is -0.121. The maximum atomic E-state index is 11.3. The maximum absolute atomic E-state index is 11.3. The van der Waals surface area contributed by atoms with E-state index in [0.29, 0.717) is 52.4 Å². The van der Waals surface area contributed by atoms with Gasteiger partial charge >= 0.3 is 0 Å². The highest BCUT2D eigenvalue weighted by Crippen LogP contribution is 2.00. The third-order valence-electron chi connectivity index (χ3n) is 4.40. The number of rotatable bonds is 8. The van der Waals surface area contributed by atoms with Crippen LogP contribution in [0.2, 0.25) is 0 Å². The molecule has 11 heteroatoms. The topological polar surface area (TPSA) is 159 Å². The normalized spacial score (nSPS) is 19.7. The first-order valence-corrected chi connectivity index (χ1v) is 8.98. The van der Waals surface area contributed by atoms with Crippen LogP contribution >= 0.6 is 0 Å². The van der Waals surface area contributed by atoms with Gasteiger partial charge < -0.3 is 22.0 Å². The fraction of sp³-hybridized carbons (Fsp3) is 0.750. The number of primary amides is 3. The Balaban J connectivity index is 2.86. The zero-order valence-electron chi connectivity index (χ0n) is 15.7. The van der Waals surface area contributed by atoms with E-state index in [1.165, 1.54) is 0 Å². The second kappa shape index (κ2) is 12.3. The summed E-state index contributed by atoms with van der Waals surface area (Å²) in [7, 11) is 0. The number of hydrogen-bond donors (Lipinski definition) is 3. The Kier molecular flexibility index (Phi) is 10.5. The summed E-state index contributed by atoms with van der Waals surface area (Å²) in [5.74, 6) is -1.31. The first kappa shape index (κ1) is 23.0. The number of hydrogen-bond acceptors (Lipinski definition) is 8. The minimum absolute atomic E-state index is 0.0894. The van der Waals surface area contributed by atoms with Gasteiger partial charge in [0.25, 0.3) is 0 Å². The van der Waals surface area contributed by atoms with Gasteiger partial charge in [-0.25, -0.2) is 0 Å². The summed E-state index contributed by atoms with van der Waals surface area (Å²) in [6.07, 6.45) is 0.831. The van der Waals surface area contributed by atoms with Crippen molar-refractivity contribution >= 4 is 24.0 Å². The van der Waals surface area contributed by atoms with Gasteiger partial charge in [0.05, 0.1) is 26.2 Å². The summed E-state index contributed by atoms with van der Waals surface area (Å²) in [5, 5.41) is 0. The number of nitrogens with two attached hydrogens (primary N) is 3. The van der Waals surface area contributed by atoms with Crippen LogP contribution in [0, 0.1) is 0 Å².